The Morgan fingerprint density at radius 1 is 1.38 bits per heavy atom. The van der Waals surface area contributed by atoms with E-state index < -0.39 is 11.5 Å². The van der Waals surface area contributed by atoms with Gasteiger partial charge in [-0.05, 0) is 40.3 Å². The first kappa shape index (κ1) is 15.4. The average molecular weight is 290 g/mol. The maximum absolute atomic E-state index is 11.4. The van der Waals surface area contributed by atoms with Crippen LogP contribution in [-0.4, -0.2) is 42.4 Å². The number of imidazole rings is 1. The molecule has 0 amide bonds. The smallest absolute Gasteiger partial charge is 0.323 e. The van der Waals surface area contributed by atoms with E-state index in [-0.39, 0.29) is 0 Å². The molecule has 2 rings (SSSR count). The van der Waals surface area contributed by atoms with Crippen molar-refractivity contribution in [3.05, 3.63) is 29.3 Å². The van der Waals surface area contributed by atoms with Crippen LogP contribution in [0.5, 0.6) is 0 Å². The first-order valence-electron chi connectivity index (χ1n) is 7.06. The molecule has 0 unspecified atom stereocenters. The Labute approximate surface area is 124 Å². The van der Waals surface area contributed by atoms with Crippen molar-refractivity contribution in [3.63, 3.8) is 0 Å². The highest BCUT2D eigenvalue weighted by Crippen LogP contribution is 2.18. The molecule has 2 aromatic heterocycles. The van der Waals surface area contributed by atoms with E-state index in [0.29, 0.717) is 18.9 Å². The van der Waals surface area contributed by atoms with Gasteiger partial charge in [-0.25, -0.2) is 9.97 Å². The minimum Gasteiger partial charge on any atom is -0.480 e. The molecule has 0 spiro atoms. The highest BCUT2D eigenvalue weighted by molar-refractivity contribution is 5.77. The number of aromatic nitrogens is 3. The van der Waals surface area contributed by atoms with Crippen molar-refractivity contribution in [3.8, 4) is 0 Å². The Morgan fingerprint density at radius 3 is 2.62 bits per heavy atom. The van der Waals surface area contributed by atoms with Crippen molar-refractivity contribution in [2.75, 3.05) is 6.54 Å². The Balaban J connectivity index is 2.34. The van der Waals surface area contributed by atoms with Gasteiger partial charge in [-0.2, -0.15) is 0 Å². The number of hydrogen-bond donors (Lipinski definition) is 1. The van der Waals surface area contributed by atoms with Gasteiger partial charge in [0.2, 0.25) is 5.78 Å². The predicted octanol–water partition coefficient (Wildman–Crippen LogP) is 2.03. The van der Waals surface area contributed by atoms with Crippen LogP contribution in [0, 0.1) is 13.8 Å². The van der Waals surface area contributed by atoms with Crippen LogP contribution in [0.25, 0.3) is 5.78 Å². The lowest BCUT2D eigenvalue weighted by Gasteiger charge is -2.33. The number of carboxylic acids is 1. The standard InChI is InChI=1S/C15H22N4O2/c1-6-18(15(4,5)13(20)21)8-12-9-19-11(3)7-10(2)16-14(19)17-12/h7,9H,6,8H2,1-5H3,(H,20,21). The molecule has 0 aliphatic carbocycles. The Bertz CT molecular complexity index is 676. The number of rotatable bonds is 5. The summed E-state index contributed by atoms with van der Waals surface area (Å²) < 4.78 is 1.93. The Hall–Kier alpha value is -1.95. The van der Waals surface area contributed by atoms with Gasteiger partial charge in [-0.1, -0.05) is 6.92 Å². The molecule has 0 aliphatic rings. The van der Waals surface area contributed by atoms with Crippen LogP contribution >= 0.6 is 0 Å². The Morgan fingerprint density at radius 2 is 2.05 bits per heavy atom. The zero-order valence-corrected chi connectivity index (χ0v) is 13.2. The number of aliphatic carboxylic acids is 1. The van der Waals surface area contributed by atoms with Gasteiger partial charge in [0, 0.05) is 24.1 Å². The third-order valence-corrected chi connectivity index (χ3v) is 3.86. The predicted molar refractivity (Wildman–Crippen MR) is 80.3 cm³/mol. The number of nitrogens with zero attached hydrogens (tertiary/aromatic N) is 4. The van der Waals surface area contributed by atoms with E-state index in [9.17, 15) is 9.90 Å². The second kappa shape index (κ2) is 5.44. The molecule has 0 saturated heterocycles. The third-order valence-electron chi connectivity index (χ3n) is 3.86. The van der Waals surface area contributed by atoms with E-state index >= 15 is 0 Å². The molecule has 6 nitrogen and oxygen atoms in total. The van der Waals surface area contributed by atoms with Crippen LogP contribution in [0.3, 0.4) is 0 Å². The van der Waals surface area contributed by atoms with Crippen LogP contribution in [0.1, 0.15) is 37.9 Å². The number of fused-ring (bicyclic) bond motifs is 1. The fraction of sp³-hybridized carbons (Fsp3) is 0.533. The normalized spacial score (nSPS) is 12.3. The zero-order chi connectivity index (χ0) is 15.8. The average Bonchev–Trinajstić information content (AvgIpc) is 2.78. The van der Waals surface area contributed by atoms with E-state index in [4.69, 9.17) is 0 Å². The van der Waals surface area contributed by atoms with Crippen LogP contribution in [0.2, 0.25) is 0 Å². The summed E-state index contributed by atoms with van der Waals surface area (Å²) in [5.74, 6) is -0.176. The molecule has 0 atom stereocenters. The van der Waals surface area contributed by atoms with Gasteiger partial charge in [-0.15, -0.1) is 0 Å². The van der Waals surface area contributed by atoms with Gasteiger partial charge >= 0.3 is 5.97 Å². The highest BCUT2D eigenvalue weighted by atomic mass is 16.4. The van der Waals surface area contributed by atoms with Gasteiger partial charge in [0.05, 0.1) is 5.69 Å². The van der Waals surface area contributed by atoms with Crippen molar-refractivity contribution in [1.82, 2.24) is 19.3 Å². The monoisotopic (exact) mass is 290 g/mol. The lowest BCUT2D eigenvalue weighted by Crippen LogP contribution is -2.49. The van der Waals surface area contributed by atoms with Gasteiger partial charge in [-0.3, -0.25) is 14.1 Å². The zero-order valence-electron chi connectivity index (χ0n) is 13.2. The minimum absolute atomic E-state index is 0.484. The molecule has 21 heavy (non-hydrogen) atoms. The summed E-state index contributed by atoms with van der Waals surface area (Å²) in [6, 6.07) is 2.00. The highest BCUT2D eigenvalue weighted by Gasteiger charge is 2.33. The molecule has 0 aliphatic heterocycles. The van der Waals surface area contributed by atoms with E-state index in [2.05, 4.69) is 9.97 Å². The van der Waals surface area contributed by atoms with Crippen molar-refractivity contribution in [2.24, 2.45) is 0 Å². The first-order chi connectivity index (χ1) is 9.75. The summed E-state index contributed by atoms with van der Waals surface area (Å²) in [6.07, 6.45) is 1.93. The topological polar surface area (TPSA) is 70.7 Å². The molecule has 6 heteroatoms. The summed E-state index contributed by atoms with van der Waals surface area (Å²) in [4.78, 5) is 22.2. The first-order valence-corrected chi connectivity index (χ1v) is 7.06. The fourth-order valence-electron chi connectivity index (χ4n) is 2.43. The maximum atomic E-state index is 11.4. The second-order valence-electron chi connectivity index (χ2n) is 5.82. The summed E-state index contributed by atoms with van der Waals surface area (Å²) in [5.41, 5.74) is 1.89. The molecule has 0 saturated carbocycles. The molecule has 0 radical (unpaired) electrons. The van der Waals surface area contributed by atoms with E-state index in [1.165, 1.54) is 0 Å². The second-order valence-corrected chi connectivity index (χ2v) is 5.82. The summed E-state index contributed by atoms with van der Waals surface area (Å²) in [5, 5.41) is 9.36. The van der Waals surface area contributed by atoms with Gasteiger partial charge < -0.3 is 5.11 Å². The lowest BCUT2D eigenvalue weighted by molar-refractivity contribution is -0.149. The van der Waals surface area contributed by atoms with Gasteiger partial charge in [0.1, 0.15) is 5.54 Å². The molecule has 0 fully saturated rings. The van der Waals surface area contributed by atoms with Crippen LogP contribution in [0.4, 0.5) is 0 Å². The SMILES string of the molecule is CCN(Cc1cn2c(C)cc(C)nc2n1)C(C)(C)C(=O)O. The minimum atomic E-state index is -0.928. The van der Waals surface area contributed by atoms with Crippen LogP contribution in [0.15, 0.2) is 12.3 Å². The van der Waals surface area contributed by atoms with E-state index in [1.807, 2.05) is 42.3 Å². The van der Waals surface area contributed by atoms with Crippen molar-refractivity contribution in [1.29, 1.82) is 0 Å². The van der Waals surface area contributed by atoms with E-state index in [0.717, 1.165) is 17.1 Å². The number of aryl methyl sites for hydroxylation is 2. The summed E-state index contributed by atoms with van der Waals surface area (Å²) in [7, 11) is 0. The van der Waals surface area contributed by atoms with Crippen molar-refractivity contribution < 1.29 is 9.90 Å². The van der Waals surface area contributed by atoms with Crippen LogP contribution in [-0.2, 0) is 11.3 Å². The van der Waals surface area contributed by atoms with Gasteiger partial charge in [0.25, 0.3) is 0 Å². The molecule has 114 valence electrons. The molecule has 0 bridgehead atoms. The largest absolute Gasteiger partial charge is 0.480 e. The number of carbonyl (C=O) groups is 1. The van der Waals surface area contributed by atoms with Crippen molar-refractivity contribution >= 4 is 11.7 Å². The summed E-state index contributed by atoms with van der Waals surface area (Å²) >= 11 is 0. The summed E-state index contributed by atoms with van der Waals surface area (Å²) in [6.45, 7) is 10.4. The quantitative estimate of drug-likeness (QED) is 0.912. The van der Waals surface area contributed by atoms with Crippen LogP contribution < -0.4 is 0 Å². The molecular weight excluding hydrogens is 268 g/mol. The molecule has 1 N–H and O–H groups in total. The Kier molecular flexibility index (Phi) is 4.00. The maximum Gasteiger partial charge on any atom is 0.323 e. The molecule has 2 aromatic rings. The molecule has 0 aromatic carbocycles. The number of likely N-dealkylation sites (N-methyl/N-ethyl adjacent to an activating group) is 1. The van der Waals surface area contributed by atoms with Gasteiger partial charge in [0.15, 0.2) is 0 Å². The number of carboxylic acid groups (broad SMARTS) is 1. The number of hydrogen-bond acceptors (Lipinski definition) is 4. The molecule has 2 heterocycles. The third kappa shape index (κ3) is 2.90. The fourth-order valence-corrected chi connectivity index (χ4v) is 2.43. The van der Waals surface area contributed by atoms with Crippen molar-refractivity contribution in [2.45, 2.75) is 46.7 Å². The van der Waals surface area contributed by atoms with E-state index in [1.54, 1.807) is 13.8 Å². The molecular formula is C15H22N4O2. The lowest BCUT2D eigenvalue weighted by atomic mass is 10.0.